The Morgan fingerprint density at radius 1 is 1.17 bits per heavy atom. The lowest BCUT2D eigenvalue weighted by molar-refractivity contribution is -0.115. The van der Waals surface area contributed by atoms with Gasteiger partial charge >= 0.3 is 0 Å². The fourth-order valence-corrected chi connectivity index (χ4v) is 4.25. The number of amides is 1. The van der Waals surface area contributed by atoms with Crippen LogP contribution in [-0.2, 0) is 4.79 Å². The molecule has 1 aliphatic rings. The number of thioether (sulfide) groups is 1. The molecule has 1 aromatic carbocycles. The van der Waals surface area contributed by atoms with Gasteiger partial charge in [-0.05, 0) is 67.6 Å². The number of pyridine rings is 1. The van der Waals surface area contributed by atoms with Crippen molar-refractivity contribution in [1.29, 1.82) is 0 Å². The monoisotopic (exact) mass is 442 g/mol. The Hall–Kier alpha value is -2.54. The number of benzene rings is 1. The zero-order chi connectivity index (χ0) is 20.5. The highest BCUT2D eigenvalue weighted by atomic mass is 35.5. The first kappa shape index (κ1) is 19.8. The molecule has 146 valence electrons. The quantitative estimate of drug-likeness (QED) is 0.530. The summed E-state index contributed by atoms with van der Waals surface area (Å²) in [6.07, 6.45) is 3.63. The van der Waals surface area contributed by atoms with E-state index in [9.17, 15) is 4.79 Å². The molecule has 0 aliphatic carbocycles. The first-order valence-corrected chi connectivity index (χ1v) is 10.3. The lowest BCUT2D eigenvalue weighted by Gasteiger charge is -2.07. The van der Waals surface area contributed by atoms with Crippen molar-refractivity contribution in [2.75, 3.05) is 0 Å². The number of halogens is 2. The SMILES string of the molecule is Cc1cc(/C=C2/SC(=Nc3cccc(Cl)c3Cl)NC2=O)c(C)n1-c1ccccn1. The van der Waals surface area contributed by atoms with E-state index in [4.69, 9.17) is 23.2 Å². The molecule has 0 saturated carbocycles. The Balaban J connectivity index is 1.65. The maximum absolute atomic E-state index is 12.4. The Labute approximate surface area is 182 Å². The van der Waals surface area contributed by atoms with E-state index in [1.165, 1.54) is 11.8 Å². The van der Waals surface area contributed by atoms with Gasteiger partial charge in [0.25, 0.3) is 5.91 Å². The molecule has 0 radical (unpaired) electrons. The molecule has 0 unspecified atom stereocenters. The highest BCUT2D eigenvalue weighted by molar-refractivity contribution is 8.18. The minimum atomic E-state index is -0.200. The normalized spacial score (nSPS) is 16.6. The first-order valence-electron chi connectivity index (χ1n) is 8.78. The molecule has 0 bridgehead atoms. The molecule has 0 atom stereocenters. The smallest absolute Gasteiger partial charge is 0.264 e. The second-order valence-electron chi connectivity index (χ2n) is 6.40. The van der Waals surface area contributed by atoms with Crippen LogP contribution in [0.2, 0.25) is 10.0 Å². The molecule has 4 rings (SSSR count). The standard InChI is InChI=1S/C21H16Cl2N4OS/c1-12-10-14(13(2)27(12)18-8-3-4-9-24-18)11-17-20(28)26-21(29-17)25-16-7-5-6-15(22)19(16)23/h3-11H,1-2H3,(H,25,26,28)/b17-11+. The molecule has 3 aromatic rings. The molecule has 1 aliphatic heterocycles. The van der Waals surface area contributed by atoms with Gasteiger partial charge in [-0.1, -0.05) is 35.3 Å². The summed E-state index contributed by atoms with van der Waals surface area (Å²) >= 11 is 13.5. The minimum absolute atomic E-state index is 0.200. The number of carbonyl (C=O) groups excluding carboxylic acids is 1. The summed E-state index contributed by atoms with van der Waals surface area (Å²) in [4.78, 5) is 21.9. The summed E-state index contributed by atoms with van der Waals surface area (Å²) in [5.41, 5.74) is 3.51. The van der Waals surface area contributed by atoms with Gasteiger partial charge in [-0.3, -0.25) is 4.79 Å². The van der Waals surface area contributed by atoms with Crippen molar-refractivity contribution >= 4 is 57.8 Å². The van der Waals surface area contributed by atoms with Crippen LogP contribution in [0.1, 0.15) is 17.0 Å². The van der Waals surface area contributed by atoms with Crippen LogP contribution >= 0.6 is 35.0 Å². The molecule has 2 aromatic heterocycles. The van der Waals surface area contributed by atoms with Crippen molar-refractivity contribution in [2.24, 2.45) is 4.99 Å². The van der Waals surface area contributed by atoms with E-state index < -0.39 is 0 Å². The first-order chi connectivity index (χ1) is 13.9. The highest BCUT2D eigenvalue weighted by Crippen LogP contribution is 2.35. The summed E-state index contributed by atoms with van der Waals surface area (Å²) in [7, 11) is 0. The Bertz CT molecular complexity index is 1170. The number of amidine groups is 1. The third-order valence-corrected chi connectivity index (χ3v) is 6.16. The predicted molar refractivity (Wildman–Crippen MR) is 120 cm³/mol. The minimum Gasteiger partial charge on any atom is -0.303 e. The number of aryl methyl sites for hydroxylation is 1. The van der Waals surface area contributed by atoms with Crippen molar-refractivity contribution < 1.29 is 4.79 Å². The van der Waals surface area contributed by atoms with E-state index in [1.54, 1.807) is 24.4 Å². The van der Waals surface area contributed by atoms with Gasteiger partial charge in [0.2, 0.25) is 0 Å². The lowest BCUT2D eigenvalue weighted by Crippen LogP contribution is -2.19. The Morgan fingerprint density at radius 2 is 2.00 bits per heavy atom. The number of hydrogen-bond acceptors (Lipinski definition) is 4. The summed E-state index contributed by atoms with van der Waals surface area (Å²) in [5.74, 6) is 0.642. The molecule has 1 N–H and O–H groups in total. The number of rotatable bonds is 3. The van der Waals surface area contributed by atoms with Crippen molar-refractivity contribution in [3.05, 3.63) is 80.6 Å². The average molecular weight is 443 g/mol. The molecule has 0 spiro atoms. The van der Waals surface area contributed by atoms with Gasteiger partial charge in [-0.15, -0.1) is 0 Å². The van der Waals surface area contributed by atoms with E-state index in [0.717, 1.165) is 22.8 Å². The Kier molecular flexibility index (Phi) is 5.50. The highest BCUT2D eigenvalue weighted by Gasteiger charge is 2.25. The molecular formula is C21H16Cl2N4OS. The topological polar surface area (TPSA) is 59.3 Å². The van der Waals surface area contributed by atoms with Crippen LogP contribution in [0.5, 0.6) is 0 Å². The fraction of sp³-hybridized carbons (Fsp3) is 0.0952. The van der Waals surface area contributed by atoms with Gasteiger partial charge in [-0.2, -0.15) is 0 Å². The summed E-state index contributed by atoms with van der Waals surface area (Å²) in [6.45, 7) is 4.02. The van der Waals surface area contributed by atoms with Crippen LogP contribution in [-0.4, -0.2) is 20.6 Å². The molecule has 1 fully saturated rings. The van der Waals surface area contributed by atoms with Crippen LogP contribution in [0.4, 0.5) is 5.69 Å². The van der Waals surface area contributed by atoms with Gasteiger partial charge in [0.05, 0.1) is 20.6 Å². The van der Waals surface area contributed by atoms with Crippen LogP contribution in [0.15, 0.2) is 58.6 Å². The largest absolute Gasteiger partial charge is 0.303 e. The van der Waals surface area contributed by atoms with Crippen LogP contribution in [0.25, 0.3) is 11.9 Å². The lowest BCUT2D eigenvalue weighted by atomic mass is 10.2. The molecule has 8 heteroatoms. The van der Waals surface area contributed by atoms with E-state index in [2.05, 4.69) is 19.9 Å². The maximum atomic E-state index is 12.4. The van der Waals surface area contributed by atoms with E-state index >= 15 is 0 Å². The zero-order valence-electron chi connectivity index (χ0n) is 15.6. The summed E-state index contributed by atoms with van der Waals surface area (Å²) in [6, 6.07) is 13.0. The van der Waals surface area contributed by atoms with Gasteiger partial charge < -0.3 is 9.88 Å². The molecule has 1 amide bonds. The van der Waals surface area contributed by atoms with E-state index in [-0.39, 0.29) is 5.91 Å². The van der Waals surface area contributed by atoms with Gasteiger partial charge in [0.15, 0.2) is 5.17 Å². The van der Waals surface area contributed by atoms with Crippen LogP contribution in [0.3, 0.4) is 0 Å². The van der Waals surface area contributed by atoms with Gasteiger partial charge in [-0.25, -0.2) is 9.98 Å². The van der Waals surface area contributed by atoms with Crippen LogP contribution in [0, 0.1) is 13.8 Å². The van der Waals surface area contributed by atoms with Crippen molar-refractivity contribution in [2.45, 2.75) is 13.8 Å². The zero-order valence-corrected chi connectivity index (χ0v) is 17.9. The number of aromatic nitrogens is 2. The Morgan fingerprint density at radius 3 is 2.76 bits per heavy atom. The third-order valence-electron chi connectivity index (χ3n) is 4.44. The third kappa shape index (κ3) is 3.96. The number of nitrogens with one attached hydrogen (secondary N) is 1. The predicted octanol–water partition coefficient (Wildman–Crippen LogP) is 5.69. The molecule has 5 nitrogen and oxygen atoms in total. The number of nitrogens with zero attached hydrogens (tertiary/aromatic N) is 3. The van der Waals surface area contributed by atoms with Crippen molar-refractivity contribution in [1.82, 2.24) is 14.9 Å². The molecule has 1 saturated heterocycles. The number of carbonyl (C=O) groups is 1. The van der Waals surface area contributed by atoms with Gasteiger partial charge in [0.1, 0.15) is 5.82 Å². The fourth-order valence-electron chi connectivity index (χ4n) is 3.08. The summed E-state index contributed by atoms with van der Waals surface area (Å²) < 4.78 is 2.06. The molecular weight excluding hydrogens is 427 g/mol. The molecule has 29 heavy (non-hydrogen) atoms. The second-order valence-corrected chi connectivity index (χ2v) is 8.22. The van der Waals surface area contributed by atoms with Crippen LogP contribution < -0.4 is 5.32 Å². The van der Waals surface area contributed by atoms with Crippen molar-refractivity contribution in [3.63, 3.8) is 0 Å². The van der Waals surface area contributed by atoms with E-state index in [1.807, 2.05) is 44.2 Å². The second kappa shape index (κ2) is 8.06. The van der Waals surface area contributed by atoms with Gasteiger partial charge in [0, 0.05) is 17.6 Å². The number of aliphatic imine (C=N–C) groups is 1. The molecule has 3 heterocycles. The maximum Gasteiger partial charge on any atom is 0.264 e. The summed E-state index contributed by atoms with van der Waals surface area (Å²) in [5, 5.41) is 4.01. The van der Waals surface area contributed by atoms with Crippen molar-refractivity contribution in [3.8, 4) is 5.82 Å². The average Bonchev–Trinajstić information content (AvgIpc) is 3.18. The van der Waals surface area contributed by atoms with E-state index in [0.29, 0.717) is 25.8 Å². The number of hydrogen-bond donors (Lipinski definition) is 1.